The predicted octanol–water partition coefficient (Wildman–Crippen LogP) is 3.37. The Morgan fingerprint density at radius 1 is 1.28 bits per heavy atom. The van der Waals surface area contributed by atoms with Gasteiger partial charge in [0.1, 0.15) is 11.6 Å². The van der Waals surface area contributed by atoms with Gasteiger partial charge in [0, 0.05) is 36.8 Å². The third kappa shape index (κ3) is 6.24. The van der Waals surface area contributed by atoms with E-state index in [0.717, 1.165) is 25.6 Å². The van der Waals surface area contributed by atoms with Crippen LogP contribution in [0.1, 0.15) is 44.7 Å². The van der Waals surface area contributed by atoms with Crippen molar-refractivity contribution in [3.63, 3.8) is 0 Å². The minimum atomic E-state index is -0.531. The Labute approximate surface area is 190 Å². The highest BCUT2D eigenvalue weighted by Gasteiger charge is 2.39. The lowest BCUT2D eigenvalue weighted by Crippen LogP contribution is -2.45. The summed E-state index contributed by atoms with van der Waals surface area (Å²) < 4.78 is 28.6. The maximum Gasteiger partial charge on any atom is 0.191 e. The van der Waals surface area contributed by atoms with Gasteiger partial charge in [-0.1, -0.05) is 6.07 Å². The van der Waals surface area contributed by atoms with Crippen LogP contribution >= 0.6 is 24.0 Å². The van der Waals surface area contributed by atoms with Gasteiger partial charge in [-0.3, -0.25) is 9.89 Å². The van der Waals surface area contributed by atoms with Crippen LogP contribution in [0.3, 0.4) is 0 Å². The molecule has 3 rings (SSSR count). The number of aliphatic imine (C=N–C) groups is 1. The van der Waals surface area contributed by atoms with Crippen LogP contribution in [0.25, 0.3) is 0 Å². The largest absolute Gasteiger partial charge is 0.357 e. The zero-order valence-electron chi connectivity index (χ0n) is 17.8. The molecule has 3 unspecified atom stereocenters. The molecule has 2 N–H and O–H groups in total. The molecular weight excluding hydrogens is 487 g/mol. The molecule has 0 spiro atoms. The minimum absolute atomic E-state index is 0. The highest BCUT2D eigenvalue weighted by atomic mass is 127. The van der Waals surface area contributed by atoms with E-state index in [1.54, 1.807) is 4.90 Å². The number of likely N-dealkylation sites (N-methyl/N-ethyl adjacent to an activating group) is 1. The molecule has 1 aliphatic carbocycles. The molecule has 0 amide bonds. The van der Waals surface area contributed by atoms with E-state index < -0.39 is 17.7 Å². The fourth-order valence-electron chi connectivity index (χ4n) is 4.11. The summed E-state index contributed by atoms with van der Waals surface area (Å²) in [6.45, 7) is 6.34. The number of nitrogens with zero attached hydrogens (tertiary/aromatic N) is 3. The number of hydrogen-bond acceptors (Lipinski definition) is 3. The fraction of sp³-hybridized carbons (Fsp3) is 0.667. The second-order valence-corrected chi connectivity index (χ2v) is 8.19. The summed E-state index contributed by atoms with van der Waals surface area (Å²) in [5.74, 6) is -0.353. The van der Waals surface area contributed by atoms with E-state index in [2.05, 4.69) is 27.4 Å². The summed E-state index contributed by atoms with van der Waals surface area (Å²) in [6.07, 6.45) is 3.70. The number of rotatable bonds is 7. The Bertz CT molecular complexity index is 675. The first-order valence-electron chi connectivity index (χ1n) is 10.3. The maximum atomic E-state index is 14.3. The molecule has 1 aromatic rings. The Balaban J connectivity index is 0.00000300. The molecule has 3 atom stereocenters. The molecule has 8 heteroatoms. The Kier molecular flexibility index (Phi) is 9.09. The van der Waals surface area contributed by atoms with Crippen molar-refractivity contribution in [1.29, 1.82) is 0 Å². The first-order valence-corrected chi connectivity index (χ1v) is 10.3. The molecular formula is C21H34F2IN5. The van der Waals surface area contributed by atoms with E-state index in [9.17, 15) is 8.78 Å². The topological polar surface area (TPSA) is 42.9 Å². The Morgan fingerprint density at radius 2 is 1.93 bits per heavy atom. The van der Waals surface area contributed by atoms with Gasteiger partial charge >= 0.3 is 0 Å². The van der Waals surface area contributed by atoms with Crippen molar-refractivity contribution in [3.8, 4) is 0 Å². The van der Waals surface area contributed by atoms with Crippen LogP contribution in [0.2, 0.25) is 0 Å². The van der Waals surface area contributed by atoms with Crippen LogP contribution in [0.15, 0.2) is 23.2 Å². The monoisotopic (exact) mass is 521 g/mol. The number of halogens is 3. The summed E-state index contributed by atoms with van der Waals surface area (Å²) in [5, 5.41) is 6.80. The van der Waals surface area contributed by atoms with Gasteiger partial charge in [-0.25, -0.2) is 8.78 Å². The Morgan fingerprint density at radius 3 is 2.48 bits per heavy atom. The highest BCUT2D eigenvalue weighted by molar-refractivity contribution is 14.0. The van der Waals surface area contributed by atoms with E-state index in [1.807, 2.05) is 21.0 Å². The minimum Gasteiger partial charge on any atom is -0.357 e. The van der Waals surface area contributed by atoms with E-state index >= 15 is 0 Å². The summed E-state index contributed by atoms with van der Waals surface area (Å²) in [7, 11) is 3.64. The van der Waals surface area contributed by atoms with Crippen molar-refractivity contribution in [2.75, 3.05) is 33.7 Å². The van der Waals surface area contributed by atoms with Gasteiger partial charge in [0.2, 0.25) is 0 Å². The summed E-state index contributed by atoms with van der Waals surface area (Å²) >= 11 is 0. The zero-order valence-corrected chi connectivity index (χ0v) is 20.1. The van der Waals surface area contributed by atoms with Gasteiger partial charge in [-0.15, -0.1) is 24.0 Å². The first-order chi connectivity index (χ1) is 13.4. The van der Waals surface area contributed by atoms with Crippen LogP contribution in [-0.2, 0) is 0 Å². The van der Waals surface area contributed by atoms with Crippen LogP contribution in [0.5, 0.6) is 0 Å². The third-order valence-electron chi connectivity index (χ3n) is 5.70. The number of nitrogens with one attached hydrogen (secondary N) is 2. The van der Waals surface area contributed by atoms with E-state index in [1.165, 1.54) is 31.0 Å². The Hall–Kier alpha value is -1.00. The molecule has 1 aromatic carbocycles. The maximum absolute atomic E-state index is 14.3. The molecule has 2 aliphatic rings. The van der Waals surface area contributed by atoms with Crippen LogP contribution in [0.4, 0.5) is 8.78 Å². The van der Waals surface area contributed by atoms with E-state index in [4.69, 9.17) is 0 Å². The van der Waals surface area contributed by atoms with Gasteiger partial charge in [0.05, 0.1) is 12.6 Å². The number of likely N-dealkylation sites (tertiary alicyclic amines) is 1. The van der Waals surface area contributed by atoms with Crippen LogP contribution in [0, 0.1) is 11.6 Å². The molecule has 1 saturated heterocycles. The van der Waals surface area contributed by atoms with Crippen molar-refractivity contribution in [2.45, 2.75) is 57.3 Å². The highest BCUT2D eigenvalue weighted by Crippen LogP contribution is 2.33. The average Bonchev–Trinajstić information content (AvgIpc) is 3.40. The molecule has 0 aromatic heterocycles. The molecule has 164 valence electrons. The molecule has 2 fully saturated rings. The molecule has 5 nitrogen and oxygen atoms in total. The number of hydrogen-bond donors (Lipinski definition) is 2. The lowest BCUT2D eigenvalue weighted by atomic mass is 10.0. The van der Waals surface area contributed by atoms with E-state index in [-0.39, 0.29) is 36.1 Å². The summed E-state index contributed by atoms with van der Waals surface area (Å²) in [6, 6.07) is 5.20. The first kappa shape index (κ1) is 24.3. The predicted molar refractivity (Wildman–Crippen MR) is 125 cm³/mol. The van der Waals surface area contributed by atoms with Gasteiger partial charge in [-0.2, -0.15) is 0 Å². The van der Waals surface area contributed by atoms with Crippen molar-refractivity contribution < 1.29 is 8.78 Å². The molecule has 29 heavy (non-hydrogen) atoms. The lowest BCUT2D eigenvalue weighted by molar-refractivity contribution is 0.256. The lowest BCUT2D eigenvalue weighted by Gasteiger charge is -2.25. The second-order valence-electron chi connectivity index (χ2n) is 8.19. The second kappa shape index (κ2) is 10.9. The van der Waals surface area contributed by atoms with E-state index in [0.29, 0.717) is 18.0 Å². The van der Waals surface area contributed by atoms with Gasteiger partial charge in [-0.05, 0) is 59.3 Å². The molecule has 0 bridgehead atoms. The normalized spacial score (nSPS) is 23.8. The quantitative estimate of drug-likeness (QED) is 0.328. The van der Waals surface area contributed by atoms with Crippen LogP contribution in [-0.4, -0.2) is 67.6 Å². The van der Waals surface area contributed by atoms with Gasteiger partial charge in [0.15, 0.2) is 5.96 Å². The third-order valence-corrected chi connectivity index (χ3v) is 5.70. The van der Waals surface area contributed by atoms with Crippen molar-refractivity contribution in [3.05, 3.63) is 35.4 Å². The average molecular weight is 521 g/mol. The van der Waals surface area contributed by atoms with Crippen molar-refractivity contribution in [2.24, 2.45) is 4.99 Å². The molecule has 1 aliphatic heterocycles. The molecule has 0 radical (unpaired) electrons. The number of guanidine groups is 1. The SMILES string of the molecule is CCNC(=NCC(c1c(F)cccc1F)N(C)C)NC1CC(C)N(C2CC2)C1.I. The molecule has 1 heterocycles. The zero-order chi connectivity index (χ0) is 20.3. The number of benzene rings is 1. The van der Waals surface area contributed by atoms with Gasteiger partial charge in [0.25, 0.3) is 0 Å². The van der Waals surface area contributed by atoms with Gasteiger partial charge < -0.3 is 15.5 Å². The summed E-state index contributed by atoms with van der Waals surface area (Å²) in [4.78, 5) is 9.06. The van der Waals surface area contributed by atoms with Crippen molar-refractivity contribution in [1.82, 2.24) is 20.4 Å². The summed E-state index contributed by atoms with van der Waals surface area (Å²) in [5.41, 5.74) is 0.0708. The fourth-order valence-corrected chi connectivity index (χ4v) is 4.11. The van der Waals surface area contributed by atoms with Crippen LogP contribution < -0.4 is 10.6 Å². The van der Waals surface area contributed by atoms with Crippen molar-refractivity contribution >= 4 is 29.9 Å². The molecule has 1 saturated carbocycles. The smallest absolute Gasteiger partial charge is 0.191 e. The standard InChI is InChI=1S/C21H33F2N5.HI/c1-5-24-21(26-15-11-14(2)28(13-15)16-9-10-16)25-12-19(27(3)4)20-17(22)7-6-8-18(20)23;/h6-8,14-16,19H,5,9-13H2,1-4H3,(H2,24,25,26);1H.